The van der Waals surface area contributed by atoms with Crippen LogP contribution in [0.3, 0.4) is 0 Å². The van der Waals surface area contributed by atoms with Gasteiger partial charge in [-0.3, -0.25) is 0 Å². The highest BCUT2D eigenvalue weighted by atomic mass is 16.7. The molecule has 0 bridgehead atoms. The third-order valence-corrected chi connectivity index (χ3v) is 3.16. The molecule has 0 saturated heterocycles. The van der Waals surface area contributed by atoms with E-state index in [4.69, 9.17) is 9.47 Å². The number of hydrogen-bond acceptors (Lipinski definition) is 2. The normalized spacial score (nSPS) is 11.5. The molecule has 0 radical (unpaired) electrons. The van der Waals surface area contributed by atoms with Crippen molar-refractivity contribution in [1.29, 1.82) is 0 Å². The van der Waals surface area contributed by atoms with E-state index in [0.29, 0.717) is 0 Å². The second-order valence-electron chi connectivity index (χ2n) is 4.26. The first kappa shape index (κ1) is 12.8. The summed E-state index contributed by atoms with van der Waals surface area (Å²) in [5.41, 5.74) is 3.19. The lowest BCUT2D eigenvalue weighted by molar-refractivity contribution is -0.183. The van der Waals surface area contributed by atoms with Crippen LogP contribution < -0.4 is 0 Å². The van der Waals surface area contributed by atoms with Crippen LogP contribution in [0.25, 0.3) is 0 Å². The molecule has 2 nitrogen and oxygen atoms in total. The molecule has 2 heteroatoms. The number of rotatable bonds is 4. The highest BCUT2D eigenvalue weighted by Crippen LogP contribution is 2.33. The fourth-order valence-electron chi connectivity index (χ4n) is 2.15. The Hall–Kier alpha value is -1.64. The molecule has 0 amide bonds. The van der Waals surface area contributed by atoms with Crippen molar-refractivity contribution in [3.63, 3.8) is 0 Å². The molecule has 0 aromatic heterocycles. The van der Waals surface area contributed by atoms with Crippen molar-refractivity contribution in [3.05, 3.63) is 71.3 Å². The predicted molar refractivity (Wildman–Crippen MR) is 72.4 cm³/mol. The molecule has 2 aromatic carbocycles. The smallest absolute Gasteiger partial charge is 0.221 e. The SMILES string of the molecule is COC(OC)(c1ccccc1)c1ccc(C)cc1. The Morgan fingerprint density at radius 2 is 1.22 bits per heavy atom. The molecule has 94 valence electrons. The third-order valence-electron chi connectivity index (χ3n) is 3.16. The van der Waals surface area contributed by atoms with Crippen LogP contribution in [0.2, 0.25) is 0 Å². The number of hydrogen-bond donors (Lipinski definition) is 0. The molecule has 0 saturated carbocycles. The zero-order valence-corrected chi connectivity index (χ0v) is 11.0. The summed E-state index contributed by atoms with van der Waals surface area (Å²) in [5.74, 6) is -0.838. The summed E-state index contributed by atoms with van der Waals surface area (Å²) in [6.07, 6.45) is 0. The molecule has 0 spiro atoms. The number of methoxy groups -OCH3 is 2. The lowest BCUT2D eigenvalue weighted by Crippen LogP contribution is -2.32. The van der Waals surface area contributed by atoms with E-state index in [9.17, 15) is 0 Å². The summed E-state index contributed by atoms with van der Waals surface area (Å²) in [6, 6.07) is 18.2. The molecule has 0 fully saturated rings. The van der Waals surface area contributed by atoms with Crippen molar-refractivity contribution in [2.24, 2.45) is 0 Å². The van der Waals surface area contributed by atoms with Crippen molar-refractivity contribution < 1.29 is 9.47 Å². The van der Waals surface area contributed by atoms with Gasteiger partial charge >= 0.3 is 0 Å². The van der Waals surface area contributed by atoms with E-state index in [0.717, 1.165) is 11.1 Å². The van der Waals surface area contributed by atoms with Gasteiger partial charge in [0.2, 0.25) is 5.79 Å². The van der Waals surface area contributed by atoms with Crippen molar-refractivity contribution >= 4 is 0 Å². The summed E-state index contributed by atoms with van der Waals surface area (Å²) in [7, 11) is 3.33. The third kappa shape index (κ3) is 2.17. The molecule has 0 atom stereocenters. The Labute approximate surface area is 108 Å². The van der Waals surface area contributed by atoms with Crippen LogP contribution >= 0.6 is 0 Å². The summed E-state index contributed by atoms with van der Waals surface area (Å²) in [5, 5.41) is 0. The molecule has 0 aliphatic rings. The maximum atomic E-state index is 5.68. The van der Waals surface area contributed by atoms with Gasteiger partial charge in [-0.25, -0.2) is 0 Å². The predicted octanol–water partition coefficient (Wildman–Crippen LogP) is 3.49. The van der Waals surface area contributed by atoms with Gasteiger partial charge in [0.15, 0.2) is 0 Å². The molecule has 2 aromatic rings. The molecule has 0 aliphatic heterocycles. The van der Waals surface area contributed by atoms with Gasteiger partial charge in [0.05, 0.1) is 0 Å². The van der Waals surface area contributed by atoms with E-state index in [1.807, 2.05) is 42.5 Å². The van der Waals surface area contributed by atoms with Gasteiger partial charge < -0.3 is 9.47 Å². The van der Waals surface area contributed by atoms with Gasteiger partial charge in [-0.15, -0.1) is 0 Å². The van der Waals surface area contributed by atoms with E-state index >= 15 is 0 Å². The van der Waals surface area contributed by atoms with Crippen LogP contribution in [0.4, 0.5) is 0 Å². The average molecular weight is 242 g/mol. The van der Waals surface area contributed by atoms with Gasteiger partial charge in [0.25, 0.3) is 0 Å². The Balaban J connectivity index is 2.54. The quantitative estimate of drug-likeness (QED) is 0.764. The van der Waals surface area contributed by atoms with Crippen LogP contribution in [0.5, 0.6) is 0 Å². The first-order chi connectivity index (χ1) is 8.73. The second-order valence-corrected chi connectivity index (χ2v) is 4.26. The van der Waals surface area contributed by atoms with Gasteiger partial charge in [-0.1, -0.05) is 60.2 Å². The van der Waals surface area contributed by atoms with Gasteiger partial charge in [0, 0.05) is 25.3 Å². The minimum Gasteiger partial charge on any atom is -0.346 e. The zero-order chi connectivity index (χ0) is 13.0. The van der Waals surface area contributed by atoms with Crippen molar-refractivity contribution in [1.82, 2.24) is 0 Å². The fourth-order valence-corrected chi connectivity index (χ4v) is 2.15. The molecule has 0 unspecified atom stereocenters. The highest BCUT2D eigenvalue weighted by Gasteiger charge is 2.34. The molecular formula is C16H18O2. The number of ether oxygens (including phenoxy) is 2. The van der Waals surface area contributed by atoms with Crippen molar-refractivity contribution in [3.8, 4) is 0 Å². The summed E-state index contributed by atoms with van der Waals surface area (Å²) in [4.78, 5) is 0. The van der Waals surface area contributed by atoms with E-state index < -0.39 is 5.79 Å². The summed E-state index contributed by atoms with van der Waals surface area (Å²) >= 11 is 0. The maximum absolute atomic E-state index is 5.68. The first-order valence-corrected chi connectivity index (χ1v) is 5.96. The van der Waals surface area contributed by atoms with Crippen LogP contribution in [-0.2, 0) is 15.3 Å². The Morgan fingerprint density at radius 3 is 1.72 bits per heavy atom. The maximum Gasteiger partial charge on any atom is 0.221 e. The second kappa shape index (κ2) is 5.34. The largest absolute Gasteiger partial charge is 0.346 e. The topological polar surface area (TPSA) is 18.5 Å². The Morgan fingerprint density at radius 1 is 0.722 bits per heavy atom. The standard InChI is InChI=1S/C16H18O2/c1-13-9-11-15(12-10-13)16(17-2,18-3)14-7-5-4-6-8-14/h4-12H,1-3H3. The van der Waals surface area contributed by atoms with Gasteiger partial charge in [-0.2, -0.15) is 0 Å². The average Bonchev–Trinajstić information content (AvgIpc) is 2.44. The van der Waals surface area contributed by atoms with Gasteiger partial charge in [-0.05, 0) is 6.92 Å². The van der Waals surface area contributed by atoms with Gasteiger partial charge in [0.1, 0.15) is 0 Å². The number of benzene rings is 2. The lowest BCUT2D eigenvalue weighted by Gasteiger charge is -2.31. The Bertz CT molecular complexity index is 484. The lowest BCUT2D eigenvalue weighted by atomic mass is 9.96. The van der Waals surface area contributed by atoms with Crippen LogP contribution in [0, 0.1) is 6.92 Å². The number of aryl methyl sites for hydroxylation is 1. The minimum absolute atomic E-state index is 0.838. The molecule has 0 heterocycles. The van der Waals surface area contributed by atoms with Crippen LogP contribution in [0.1, 0.15) is 16.7 Å². The van der Waals surface area contributed by atoms with E-state index in [1.54, 1.807) is 14.2 Å². The molecule has 2 rings (SSSR count). The van der Waals surface area contributed by atoms with Crippen molar-refractivity contribution in [2.45, 2.75) is 12.7 Å². The molecule has 18 heavy (non-hydrogen) atoms. The molecule has 0 N–H and O–H groups in total. The fraction of sp³-hybridized carbons (Fsp3) is 0.250. The molecular weight excluding hydrogens is 224 g/mol. The summed E-state index contributed by atoms with van der Waals surface area (Å²) in [6.45, 7) is 2.06. The monoisotopic (exact) mass is 242 g/mol. The van der Waals surface area contributed by atoms with Crippen molar-refractivity contribution in [2.75, 3.05) is 14.2 Å². The van der Waals surface area contributed by atoms with Crippen LogP contribution in [-0.4, -0.2) is 14.2 Å². The minimum atomic E-state index is -0.838. The highest BCUT2D eigenvalue weighted by molar-refractivity contribution is 5.35. The van der Waals surface area contributed by atoms with E-state index in [-0.39, 0.29) is 0 Å². The molecule has 0 aliphatic carbocycles. The summed E-state index contributed by atoms with van der Waals surface area (Å²) < 4.78 is 11.4. The zero-order valence-electron chi connectivity index (χ0n) is 11.0. The van der Waals surface area contributed by atoms with E-state index in [2.05, 4.69) is 19.1 Å². The first-order valence-electron chi connectivity index (χ1n) is 5.96. The van der Waals surface area contributed by atoms with E-state index in [1.165, 1.54) is 5.56 Å². The van der Waals surface area contributed by atoms with Crippen LogP contribution in [0.15, 0.2) is 54.6 Å². The Kier molecular flexibility index (Phi) is 3.80.